The van der Waals surface area contributed by atoms with E-state index in [4.69, 9.17) is 0 Å². The molecule has 0 aliphatic heterocycles. The average Bonchev–Trinajstić information content (AvgIpc) is 2.51. The Balaban J connectivity index is 1.76. The van der Waals surface area contributed by atoms with Gasteiger partial charge in [-0.25, -0.2) is 0 Å². The van der Waals surface area contributed by atoms with Crippen molar-refractivity contribution in [1.82, 2.24) is 9.97 Å². The minimum atomic E-state index is -0.626. The second kappa shape index (κ2) is 8.87. The predicted octanol–water partition coefficient (Wildman–Crippen LogP) is 2.90. The van der Waals surface area contributed by atoms with E-state index >= 15 is 0 Å². The lowest BCUT2D eigenvalue weighted by Gasteiger charge is -2.03. The Morgan fingerprint density at radius 3 is 1.73 bits per heavy atom. The monoisotopic (exact) mass is 424 g/mol. The minimum absolute atomic E-state index is 0.281. The topological polar surface area (TPSA) is 70.7 Å². The highest BCUT2D eigenvalue weighted by Crippen LogP contribution is 2.07. The van der Waals surface area contributed by atoms with Gasteiger partial charge in [0.2, 0.25) is 0 Å². The quantitative estimate of drug-likeness (QED) is 0.723. The molecule has 0 aliphatic carbocycles. The molecule has 0 bridgehead atoms. The first-order chi connectivity index (χ1) is 10.6. The van der Waals surface area contributed by atoms with Gasteiger partial charge in [-0.1, -0.05) is 0 Å². The molecular weight excluding hydrogens is 412 g/mol. The first kappa shape index (κ1) is 16.9. The van der Waals surface area contributed by atoms with Gasteiger partial charge >= 0.3 is 0 Å². The van der Waals surface area contributed by atoms with Crippen LogP contribution in [0.2, 0.25) is 0 Å². The number of pyridine rings is 2. The smallest absolute Gasteiger partial charge is 0.0929 e. The van der Waals surface area contributed by atoms with Crippen molar-refractivity contribution in [3.05, 3.63) is 57.0 Å². The van der Waals surface area contributed by atoms with Crippen LogP contribution in [0.25, 0.3) is 0 Å². The van der Waals surface area contributed by atoms with Crippen LogP contribution < -0.4 is 0 Å². The highest BCUT2D eigenvalue weighted by molar-refractivity contribution is 9.10. The van der Waals surface area contributed by atoms with Crippen LogP contribution in [0.4, 0.5) is 0 Å². The van der Waals surface area contributed by atoms with Crippen molar-refractivity contribution in [3.63, 3.8) is 0 Å². The second-order valence-corrected chi connectivity index (χ2v) is 6.28. The zero-order valence-corrected chi connectivity index (χ0v) is 14.8. The van der Waals surface area contributed by atoms with E-state index in [1.165, 1.54) is 0 Å². The van der Waals surface area contributed by atoms with Crippen LogP contribution in [-0.4, -0.2) is 46.7 Å². The van der Waals surface area contributed by atoms with Crippen molar-refractivity contribution >= 4 is 44.3 Å². The zero-order valence-electron chi connectivity index (χ0n) is 11.6. The number of aliphatic hydroxyl groups excluding tert-OH is 1. The molecule has 114 valence electrons. The summed E-state index contributed by atoms with van der Waals surface area (Å²) in [6.45, 7) is 0.561. The normalized spacial score (nSPS) is 13.0. The summed E-state index contributed by atoms with van der Waals surface area (Å²) in [5.74, 6) is 0. The van der Waals surface area contributed by atoms with E-state index in [0.717, 1.165) is 20.3 Å². The molecule has 0 fully saturated rings. The molecule has 2 aromatic heterocycles. The summed E-state index contributed by atoms with van der Waals surface area (Å²) in [5, 5.41) is 9.81. The van der Waals surface area contributed by atoms with Crippen LogP contribution >= 0.6 is 31.9 Å². The molecule has 7 heteroatoms. The van der Waals surface area contributed by atoms with Gasteiger partial charge < -0.3 is 5.11 Å². The Kier molecular flexibility index (Phi) is 6.82. The van der Waals surface area contributed by atoms with Gasteiger partial charge in [-0.15, -0.1) is 0 Å². The molecule has 2 aromatic rings. The number of aliphatic hydroxyl groups is 1. The van der Waals surface area contributed by atoms with Gasteiger partial charge in [-0.2, -0.15) is 0 Å². The van der Waals surface area contributed by atoms with Crippen molar-refractivity contribution in [2.45, 2.75) is 6.10 Å². The zero-order chi connectivity index (χ0) is 15.8. The third-order valence-electron chi connectivity index (χ3n) is 2.58. The van der Waals surface area contributed by atoms with Gasteiger partial charge in [-0.05, 0) is 56.1 Å². The second-order valence-electron chi connectivity index (χ2n) is 4.44. The lowest BCUT2D eigenvalue weighted by Crippen LogP contribution is -2.15. The summed E-state index contributed by atoms with van der Waals surface area (Å²) in [4.78, 5) is 16.6. The molecule has 0 amide bonds. The Hall–Kier alpha value is -1.44. The maximum Gasteiger partial charge on any atom is 0.0929 e. The summed E-state index contributed by atoms with van der Waals surface area (Å²) in [5.41, 5.74) is 1.50. The number of rotatable bonds is 6. The van der Waals surface area contributed by atoms with Gasteiger partial charge in [0.1, 0.15) is 0 Å². The summed E-state index contributed by atoms with van der Waals surface area (Å²) < 4.78 is 1.83. The van der Waals surface area contributed by atoms with Crippen LogP contribution in [0.15, 0.2) is 55.6 Å². The molecule has 2 heterocycles. The summed E-state index contributed by atoms with van der Waals surface area (Å²) in [6, 6.07) is 7.47. The number of aliphatic imine (C=N–C) groups is 2. The SMILES string of the molecule is OC(CN=Cc1ccc(Br)cn1)CN=Cc1ccc(Br)cn1. The molecule has 0 aromatic carbocycles. The van der Waals surface area contributed by atoms with Crippen LogP contribution in [0.1, 0.15) is 11.4 Å². The number of hydrogen-bond acceptors (Lipinski definition) is 5. The first-order valence-electron chi connectivity index (χ1n) is 6.54. The Bertz CT molecular complexity index is 584. The van der Waals surface area contributed by atoms with Crippen LogP contribution in [0, 0.1) is 0 Å². The van der Waals surface area contributed by atoms with Crippen LogP contribution in [0.3, 0.4) is 0 Å². The maximum absolute atomic E-state index is 9.81. The Labute approximate surface area is 145 Å². The fourth-order valence-electron chi connectivity index (χ4n) is 1.52. The van der Waals surface area contributed by atoms with Crippen molar-refractivity contribution in [3.8, 4) is 0 Å². The Morgan fingerprint density at radius 2 is 1.36 bits per heavy atom. The standard InChI is InChI=1S/C15H14Br2N4O/c16-11-1-3-13(20-5-11)7-18-9-15(22)10-19-8-14-4-2-12(17)6-21-14/h1-8,15,22H,9-10H2. The summed E-state index contributed by atoms with van der Waals surface area (Å²) >= 11 is 6.64. The van der Waals surface area contributed by atoms with Crippen LogP contribution in [-0.2, 0) is 0 Å². The molecule has 0 atom stereocenters. The number of aromatic nitrogens is 2. The third kappa shape index (κ3) is 6.13. The lowest BCUT2D eigenvalue weighted by atomic mass is 10.3. The van der Waals surface area contributed by atoms with Crippen molar-refractivity contribution in [1.29, 1.82) is 0 Å². The molecule has 0 radical (unpaired) electrons. The minimum Gasteiger partial charge on any atom is -0.389 e. The molecule has 22 heavy (non-hydrogen) atoms. The summed E-state index contributed by atoms with van der Waals surface area (Å²) in [7, 11) is 0. The molecule has 2 rings (SSSR count). The molecule has 0 saturated heterocycles. The first-order valence-corrected chi connectivity index (χ1v) is 8.13. The van der Waals surface area contributed by atoms with E-state index in [1.807, 2.05) is 24.3 Å². The van der Waals surface area contributed by atoms with Gasteiger partial charge in [0, 0.05) is 33.8 Å². The van der Waals surface area contributed by atoms with E-state index < -0.39 is 6.10 Å². The molecule has 0 spiro atoms. The highest BCUT2D eigenvalue weighted by atomic mass is 79.9. The number of nitrogens with zero attached hydrogens (tertiary/aromatic N) is 4. The van der Waals surface area contributed by atoms with Crippen molar-refractivity contribution < 1.29 is 5.11 Å². The molecule has 1 N–H and O–H groups in total. The molecular formula is C15H14Br2N4O. The van der Waals surface area contributed by atoms with Crippen molar-refractivity contribution in [2.24, 2.45) is 9.98 Å². The molecule has 0 saturated carbocycles. The largest absolute Gasteiger partial charge is 0.389 e. The van der Waals surface area contributed by atoms with Gasteiger partial charge in [-0.3, -0.25) is 20.0 Å². The van der Waals surface area contributed by atoms with E-state index in [9.17, 15) is 5.11 Å². The van der Waals surface area contributed by atoms with Gasteiger partial charge in [0.25, 0.3) is 0 Å². The third-order valence-corrected chi connectivity index (χ3v) is 3.52. The summed E-state index contributed by atoms with van der Waals surface area (Å²) in [6.07, 6.45) is 6.05. The maximum atomic E-state index is 9.81. The molecule has 0 unspecified atom stereocenters. The fourth-order valence-corrected chi connectivity index (χ4v) is 1.99. The fraction of sp³-hybridized carbons (Fsp3) is 0.200. The van der Waals surface area contributed by atoms with E-state index in [-0.39, 0.29) is 13.1 Å². The van der Waals surface area contributed by atoms with Crippen molar-refractivity contribution in [2.75, 3.05) is 13.1 Å². The predicted molar refractivity (Wildman–Crippen MR) is 94.8 cm³/mol. The van der Waals surface area contributed by atoms with E-state index in [2.05, 4.69) is 51.8 Å². The van der Waals surface area contributed by atoms with E-state index in [0.29, 0.717) is 0 Å². The molecule has 0 aliphatic rings. The van der Waals surface area contributed by atoms with E-state index in [1.54, 1.807) is 24.8 Å². The Morgan fingerprint density at radius 1 is 0.909 bits per heavy atom. The number of hydrogen-bond donors (Lipinski definition) is 1. The lowest BCUT2D eigenvalue weighted by molar-refractivity contribution is 0.193. The van der Waals surface area contributed by atoms with Gasteiger partial charge in [0.15, 0.2) is 0 Å². The number of halogens is 2. The highest BCUT2D eigenvalue weighted by Gasteiger charge is 2.00. The van der Waals surface area contributed by atoms with Gasteiger partial charge in [0.05, 0.1) is 30.6 Å². The molecule has 5 nitrogen and oxygen atoms in total. The van der Waals surface area contributed by atoms with Crippen LogP contribution in [0.5, 0.6) is 0 Å². The average molecular weight is 426 g/mol.